The number of hydrogen-bond acceptors (Lipinski definition) is 3. The molecule has 0 bridgehead atoms. The van der Waals surface area contributed by atoms with Gasteiger partial charge in [-0.15, -0.1) is 6.58 Å². The minimum Gasteiger partial charge on any atom is -0.322 e. The Morgan fingerprint density at radius 1 is 1.67 bits per heavy atom. The molecule has 0 saturated heterocycles. The topological polar surface area (TPSA) is 54.0 Å². The normalized spacial score (nSPS) is 9.67. The van der Waals surface area contributed by atoms with Crippen LogP contribution in [0.25, 0.3) is 0 Å². The van der Waals surface area contributed by atoms with E-state index in [2.05, 4.69) is 22.2 Å². The van der Waals surface area contributed by atoms with Gasteiger partial charge in [0.25, 0.3) is 0 Å². The van der Waals surface area contributed by atoms with Crippen LogP contribution < -0.4 is 10.6 Å². The minimum absolute atomic E-state index is 0.119. The molecule has 0 atom stereocenters. The highest BCUT2D eigenvalue weighted by molar-refractivity contribution is 5.92. The molecule has 0 aromatic carbocycles. The molecule has 0 spiro atoms. The fourth-order valence-corrected chi connectivity index (χ4v) is 0.959. The maximum absolute atomic E-state index is 13.0. The van der Waals surface area contributed by atoms with Crippen molar-refractivity contribution in [1.82, 2.24) is 10.3 Å². The van der Waals surface area contributed by atoms with Gasteiger partial charge in [-0.3, -0.25) is 9.78 Å². The van der Waals surface area contributed by atoms with E-state index in [1.54, 1.807) is 6.08 Å². The summed E-state index contributed by atoms with van der Waals surface area (Å²) in [6.07, 6.45) is 4.10. The summed E-state index contributed by atoms with van der Waals surface area (Å²) in [5.74, 6) is -0.850. The van der Waals surface area contributed by atoms with Crippen LogP contribution in [0, 0.1) is 5.82 Å². The van der Waals surface area contributed by atoms with Gasteiger partial charge >= 0.3 is 0 Å². The fourth-order valence-electron chi connectivity index (χ4n) is 0.959. The smallest absolute Gasteiger partial charge is 0.238 e. The van der Waals surface area contributed by atoms with Gasteiger partial charge in [0, 0.05) is 12.7 Å². The second-order valence-electron chi connectivity index (χ2n) is 2.82. The molecule has 0 aliphatic carbocycles. The maximum atomic E-state index is 13.0. The second-order valence-corrected chi connectivity index (χ2v) is 2.82. The molecule has 4 nitrogen and oxygen atoms in total. The summed E-state index contributed by atoms with van der Waals surface area (Å²) in [5, 5.41) is 5.22. The molecular weight excluding hydrogens is 197 g/mol. The third-order valence-corrected chi connectivity index (χ3v) is 1.62. The maximum Gasteiger partial charge on any atom is 0.238 e. The van der Waals surface area contributed by atoms with Crippen molar-refractivity contribution in [2.75, 3.05) is 18.4 Å². The molecule has 1 heterocycles. The van der Waals surface area contributed by atoms with E-state index in [1.165, 1.54) is 12.3 Å². The van der Waals surface area contributed by atoms with Gasteiger partial charge < -0.3 is 10.6 Å². The zero-order chi connectivity index (χ0) is 11.1. The number of nitrogens with zero attached hydrogens (tertiary/aromatic N) is 1. The van der Waals surface area contributed by atoms with E-state index in [1.807, 2.05) is 0 Å². The van der Waals surface area contributed by atoms with Crippen LogP contribution in [0.5, 0.6) is 0 Å². The lowest BCUT2D eigenvalue weighted by Gasteiger charge is -2.05. The van der Waals surface area contributed by atoms with E-state index in [-0.39, 0.29) is 18.1 Å². The molecule has 80 valence electrons. The van der Waals surface area contributed by atoms with Crippen LogP contribution in [0.15, 0.2) is 31.1 Å². The lowest BCUT2D eigenvalue weighted by Crippen LogP contribution is -2.28. The zero-order valence-electron chi connectivity index (χ0n) is 8.16. The Hall–Kier alpha value is -1.75. The minimum atomic E-state index is -0.547. The molecule has 0 radical (unpaired) electrons. The van der Waals surface area contributed by atoms with Crippen LogP contribution in [-0.4, -0.2) is 24.0 Å². The van der Waals surface area contributed by atoms with E-state index in [0.717, 1.165) is 6.20 Å². The highest BCUT2D eigenvalue weighted by Crippen LogP contribution is 2.09. The Balaban J connectivity index is 2.44. The standard InChI is InChI=1S/C10H12FN3O/c1-2-4-12-7-10(15)14-9-3-5-13-6-8(9)11/h2-3,5-6,12H,1,4,7H2,(H,13,14,15). The highest BCUT2D eigenvalue weighted by Gasteiger charge is 2.05. The molecular formula is C10H12FN3O. The molecule has 0 unspecified atom stereocenters. The predicted molar refractivity (Wildman–Crippen MR) is 55.9 cm³/mol. The first-order chi connectivity index (χ1) is 7.24. The largest absolute Gasteiger partial charge is 0.322 e. The van der Waals surface area contributed by atoms with Gasteiger partial charge in [0.2, 0.25) is 5.91 Å². The highest BCUT2D eigenvalue weighted by atomic mass is 19.1. The first-order valence-electron chi connectivity index (χ1n) is 4.45. The lowest BCUT2D eigenvalue weighted by molar-refractivity contribution is -0.115. The van der Waals surface area contributed by atoms with Crippen LogP contribution in [0.4, 0.5) is 10.1 Å². The SMILES string of the molecule is C=CCNCC(=O)Nc1ccncc1F. The molecule has 1 rings (SSSR count). The van der Waals surface area contributed by atoms with Crippen LogP contribution in [0.3, 0.4) is 0 Å². The van der Waals surface area contributed by atoms with Gasteiger partial charge in [-0.05, 0) is 6.07 Å². The quantitative estimate of drug-likeness (QED) is 0.560. The van der Waals surface area contributed by atoms with Gasteiger partial charge in [0.15, 0.2) is 5.82 Å². The van der Waals surface area contributed by atoms with Crippen LogP contribution in [-0.2, 0) is 4.79 Å². The van der Waals surface area contributed by atoms with Crippen molar-refractivity contribution in [3.05, 3.63) is 36.9 Å². The Morgan fingerprint density at radius 2 is 2.47 bits per heavy atom. The predicted octanol–water partition coefficient (Wildman–Crippen LogP) is 0.935. The second kappa shape index (κ2) is 5.87. The number of halogens is 1. The number of nitrogens with one attached hydrogen (secondary N) is 2. The summed E-state index contributed by atoms with van der Waals surface area (Å²) in [7, 11) is 0. The molecule has 15 heavy (non-hydrogen) atoms. The third kappa shape index (κ3) is 3.86. The fraction of sp³-hybridized carbons (Fsp3) is 0.200. The number of pyridine rings is 1. The van der Waals surface area contributed by atoms with Crippen molar-refractivity contribution in [3.8, 4) is 0 Å². The van der Waals surface area contributed by atoms with Crippen molar-refractivity contribution in [2.24, 2.45) is 0 Å². The average Bonchev–Trinajstić information content (AvgIpc) is 2.22. The number of carbonyl (C=O) groups excluding carboxylic acids is 1. The lowest BCUT2D eigenvalue weighted by atomic mass is 10.4. The summed E-state index contributed by atoms with van der Waals surface area (Å²) in [6.45, 7) is 4.15. The molecule has 2 N–H and O–H groups in total. The average molecular weight is 209 g/mol. The Morgan fingerprint density at radius 3 is 3.13 bits per heavy atom. The Kier molecular flexibility index (Phi) is 4.43. The van der Waals surface area contributed by atoms with E-state index < -0.39 is 5.82 Å². The molecule has 0 saturated carbocycles. The van der Waals surface area contributed by atoms with Gasteiger partial charge in [0.05, 0.1) is 18.4 Å². The number of anilines is 1. The van der Waals surface area contributed by atoms with Gasteiger partial charge in [-0.1, -0.05) is 6.08 Å². The van der Waals surface area contributed by atoms with Crippen molar-refractivity contribution in [1.29, 1.82) is 0 Å². The molecule has 5 heteroatoms. The number of carbonyl (C=O) groups is 1. The van der Waals surface area contributed by atoms with E-state index >= 15 is 0 Å². The number of amides is 1. The molecule has 0 aliphatic heterocycles. The van der Waals surface area contributed by atoms with Crippen LogP contribution in [0.1, 0.15) is 0 Å². The van der Waals surface area contributed by atoms with Gasteiger partial charge in [0.1, 0.15) is 0 Å². The first-order valence-corrected chi connectivity index (χ1v) is 4.45. The Bertz CT molecular complexity index is 354. The summed E-state index contributed by atoms with van der Waals surface area (Å²) >= 11 is 0. The number of aromatic nitrogens is 1. The summed E-state index contributed by atoms with van der Waals surface area (Å²) in [4.78, 5) is 14.8. The number of rotatable bonds is 5. The van der Waals surface area contributed by atoms with Gasteiger partial charge in [-0.25, -0.2) is 4.39 Å². The molecule has 0 fully saturated rings. The van der Waals surface area contributed by atoms with Crippen molar-refractivity contribution >= 4 is 11.6 Å². The zero-order valence-corrected chi connectivity index (χ0v) is 8.16. The molecule has 1 amide bonds. The van der Waals surface area contributed by atoms with Crippen molar-refractivity contribution in [3.63, 3.8) is 0 Å². The van der Waals surface area contributed by atoms with E-state index in [9.17, 15) is 9.18 Å². The van der Waals surface area contributed by atoms with Crippen LogP contribution >= 0.6 is 0 Å². The van der Waals surface area contributed by atoms with Crippen molar-refractivity contribution < 1.29 is 9.18 Å². The van der Waals surface area contributed by atoms with E-state index in [0.29, 0.717) is 6.54 Å². The monoisotopic (exact) mass is 209 g/mol. The third-order valence-electron chi connectivity index (χ3n) is 1.62. The summed E-state index contributed by atoms with van der Waals surface area (Å²) in [6, 6.07) is 1.40. The molecule has 1 aromatic rings. The summed E-state index contributed by atoms with van der Waals surface area (Å²) < 4.78 is 13.0. The molecule has 0 aliphatic rings. The Labute approximate surface area is 87.2 Å². The summed E-state index contributed by atoms with van der Waals surface area (Å²) in [5.41, 5.74) is 0.135. The van der Waals surface area contributed by atoms with Crippen molar-refractivity contribution in [2.45, 2.75) is 0 Å². The van der Waals surface area contributed by atoms with E-state index in [4.69, 9.17) is 0 Å². The number of hydrogen-bond donors (Lipinski definition) is 2. The first kappa shape index (κ1) is 11.3. The molecule has 1 aromatic heterocycles. The van der Waals surface area contributed by atoms with Crippen LogP contribution in [0.2, 0.25) is 0 Å². The van der Waals surface area contributed by atoms with Gasteiger partial charge in [-0.2, -0.15) is 0 Å².